The van der Waals surface area contributed by atoms with E-state index in [1.54, 1.807) is 4.57 Å². The molecule has 0 aliphatic carbocycles. The summed E-state index contributed by atoms with van der Waals surface area (Å²) in [5, 5.41) is 13.0. The van der Waals surface area contributed by atoms with Crippen molar-refractivity contribution in [2.75, 3.05) is 0 Å². The van der Waals surface area contributed by atoms with Crippen molar-refractivity contribution < 1.29 is 5.11 Å². The molecule has 1 aromatic carbocycles. The molecule has 0 radical (unpaired) electrons. The Morgan fingerprint density at radius 1 is 1.35 bits per heavy atom. The van der Waals surface area contributed by atoms with Gasteiger partial charge in [-0.3, -0.25) is 0 Å². The van der Waals surface area contributed by atoms with Gasteiger partial charge in [0.05, 0.1) is 11.4 Å². The summed E-state index contributed by atoms with van der Waals surface area (Å²) in [6.07, 6.45) is 0.605. The highest BCUT2D eigenvalue weighted by Gasteiger charge is 2.15. The minimum Gasteiger partial charge on any atom is -0.493 e. The quantitative estimate of drug-likeness (QED) is 0.727. The van der Waals surface area contributed by atoms with Gasteiger partial charge in [0, 0.05) is 11.8 Å². The topological polar surface area (TPSA) is 53.8 Å². The third-order valence-electron chi connectivity index (χ3n) is 2.96. The highest BCUT2D eigenvalue weighted by atomic mass is 32.1. The van der Waals surface area contributed by atoms with E-state index < -0.39 is 0 Å². The lowest BCUT2D eigenvalue weighted by molar-refractivity contribution is 0.436. The van der Waals surface area contributed by atoms with Gasteiger partial charge in [-0.05, 0) is 24.7 Å². The summed E-state index contributed by atoms with van der Waals surface area (Å²) in [4.78, 5) is 7.42. The molecule has 3 rings (SSSR count). The Hall–Kier alpha value is -1.92. The van der Waals surface area contributed by atoms with Crippen molar-refractivity contribution in [3.8, 4) is 11.0 Å². The molecule has 20 heavy (non-hydrogen) atoms. The SMILES string of the molecule is Cc1csc(-n2c(O)c(Cc3ccccc3)[nH]c2=S)n1. The van der Waals surface area contributed by atoms with Crippen LogP contribution in [0.15, 0.2) is 35.7 Å². The summed E-state index contributed by atoms with van der Waals surface area (Å²) in [5.74, 6) is 0.133. The van der Waals surface area contributed by atoms with Crippen LogP contribution >= 0.6 is 23.6 Å². The van der Waals surface area contributed by atoms with Gasteiger partial charge in [0.2, 0.25) is 5.88 Å². The first-order valence-corrected chi connectivity index (χ1v) is 7.43. The smallest absolute Gasteiger partial charge is 0.220 e. The van der Waals surface area contributed by atoms with Crippen LogP contribution in [0.5, 0.6) is 5.88 Å². The third-order valence-corrected chi connectivity index (χ3v) is 4.19. The lowest BCUT2D eigenvalue weighted by Crippen LogP contribution is -1.93. The van der Waals surface area contributed by atoms with Gasteiger partial charge in [-0.15, -0.1) is 11.3 Å². The summed E-state index contributed by atoms with van der Waals surface area (Å²) in [6.45, 7) is 1.91. The van der Waals surface area contributed by atoms with E-state index in [-0.39, 0.29) is 5.88 Å². The van der Waals surface area contributed by atoms with E-state index in [2.05, 4.69) is 9.97 Å². The number of hydrogen-bond acceptors (Lipinski definition) is 4. The van der Waals surface area contributed by atoms with Crippen LogP contribution in [0.4, 0.5) is 0 Å². The number of imidazole rings is 1. The van der Waals surface area contributed by atoms with Gasteiger partial charge in [0.15, 0.2) is 9.90 Å². The summed E-state index contributed by atoms with van der Waals surface area (Å²) in [5.41, 5.74) is 2.73. The molecule has 0 saturated heterocycles. The summed E-state index contributed by atoms with van der Waals surface area (Å²) >= 11 is 6.74. The zero-order valence-corrected chi connectivity index (χ0v) is 12.5. The van der Waals surface area contributed by atoms with Gasteiger partial charge in [0.1, 0.15) is 0 Å². The van der Waals surface area contributed by atoms with Crippen LogP contribution in [0.2, 0.25) is 0 Å². The fourth-order valence-electron chi connectivity index (χ4n) is 2.02. The van der Waals surface area contributed by atoms with E-state index in [0.717, 1.165) is 11.3 Å². The number of nitrogens with one attached hydrogen (secondary N) is 1. The maximum absolute atomic E-state index is 10.4. The molecule has 0 aliphatic heterocycles. The zero-order valence-electron chi connectivity index (χ0n) is 10.8. The molecule has 0 atom stereocenters. The Balaban J connectivity index is 2.01. The van der Waals surface area contributed by atoms with Gasteiger partial charge in [-0.25, -0.2) is 9.55 Å². The number of nitrogens with zero attached hydrogens (tertiary/aromatic N) is 2. The van der Waals surface area contributed by atoms with Gasteiger partial charge in [-0.1, -0.05) is 30.3 Å². The van der Waals surface area contributed by atoms with Crippen molar-refractivity contribution >= 4 is 23.6 Å². The van der Waals surface area contributed by atoms with Crippen LogP contribution in [0.25, 0.3) is 5.13 Å². The lowest BCUT2D eigenvalue weighted by atomic mass is 10.1. The Kier molecular flexibility index (Phi) is 3.42. The number of hydrogen-bond donors (Lipinski definition) is 2. The van der Waals surface area contributed by atoms with E-state index >= 15 is 0 Å². The molecule has 6 heteroatoms. The number of aryl methyl sites for hydroxylation is 1. The van der Waals surface area contributed by atoms with Crippen LogP contribution in [0.3, 0.4) is 0 Å². The largest absolute Gasteiger partial charge is 0.493 e. The Labute approximate surface area is 125 Å². The molecular formula is C14H13N3OS2. The average Bonchev–Trinajstić information content (AvgIpc) is 2.96. The van der Waals surface area contributed by atoms with E-state index in [9.17, 15) is 5.11 Å². The fourth-order valence-corrected chi connectivity index (χ4v) is 3.18. The molecule has 3 aromatic rings. The molecule has 2 aromatic heterocycles. The predicted molar refractivity (Wildman–Crippen MR) is 82.3 cm³/mol. The summed E-state index contributed by atoms with van der Waals surface area (Å²) in [7, 11) is 0. The highest BCUT2D eigenvalue weighted by Crippen LogP contribution is 2.26. The molecule has 0 fully saturated rings. The van der Waals surface area contributed by atoms with Gasteiger partial charge < -0.3 is 10.1 Å². The Bertz CT molecular complexity index is 786. The number of rotatable bonds is 3. The van der Waals surface area contributed by atoms with Crippen molar-refractivity contribution in [3.05, 3.63) is 57.4 Å². The van der Waals surface area contributed by atoms with Crippen molar-refractivity contribution in [2.24, 2.45) is 0 Å². The monoisotopic (exact) mass is 303 g/mol. The average molecular weight is 303 g/mol. The number of aromatic hydroxyl groups is 1. The fraction of sp³-hybridized carbons (Fsp3) is 0.143. The summed E-state index contributed by atoms with van der Waals surface area (Å²) in [6, 6.07) is 9.95. The number of benzene rings is 1. The van der Waals surface area contributed by atoms with E-state index in [1.165, 1.54) is 11.3 Å². The minimum absolute atomic E-state index is 0.133. The second-order valence-corrected chi connectivity index (χ2v) is 5.72. The molecule has 0 aliphatic rings. The number of H-pyrrole nitrogens is 1. The molecule has 0 spiro atoms. The van der Waals surface area contributed by atoms with Crippen LogP contribution in [0.1, 0.15) is 17.0 Å². The molecule has 0 saturated carbocycles. The summed E-state index contributed by atoms with van der Waals surface area (Å²) < 4.78 is 2.04. The Morgan fingerprint density at radius 2 is 2.10 bits per heavy atom. The van der Waals surface area contributed by atoms with Crippen LogP contribution < -0.4 is 0 Å². The molecule has 102 valence electrons. The molecular weight excluding hydrogens is 290 g/mol. The lowest BCUT2D eigenvalue weighted by Gasteiger charge is -2.01. The minimum atomic E-state index is 0.133. The Morgan fingerprint density at radius 3 is 2.75 bits per heavy atom. The first-order valence-electron chi connectivity index (χ1n) is 6.14. The van der Waals surface area contributed by atoms with Gasteiger partial charge >= 0.3 is 0 Å². The number of aromatic amines is 1. The van der Waals surface area contributed by atoms with Gasteiger partial charge in [-0.2, -0.15) is 0 Å². The first kappa shape index (κ1) is 13.1. The van der Waals surface area contributed by atoms with Crippen molar-refractivity contribution in [1.82, 2.24) is 14.5 Å². The van der Waals surface area contributed by atoms with Gasteiger partial charge in [0.25, 0.3) is 0 Å². The second-order valence-electron chi connectivity index (χ2n) is 4.50. The predicted octanol–water partition coefficient (Wildman–Crippen LogP) is 3.60. The number of aromatic nitrogens is 3. The van der Waals surface area contributed by atoms with E-state index in [1.807, 2.05) is 42.6 Å². The van der Waals surface area contributed by atoms with Crippen LogP contribution in [0, 0.1) is 11.7 Å². The maximum atomic E-state index is 10.4. The molecule has 2 heterocycles. The first-order chi connectivity index (χ1) is 9.65. The van der Waals surface area contributed by atoms with Crippen molar-refractivity contribution in [2.45, 2.75) is 13.3 Å². The third kappa shape index (κ3) is 2.39. The van der Waals surface area contributed by atoms with Crippen molar-refractivity contribution in [1.29, 1.82) is 0 Å². The molecule has 2 N–H and O–H groups in total. The van der Waals surface area contributed by atoms with E-state index in [4.69, 9.17) is 12.2 Å². The normalized spacial score (nSPS) is 10.8. The molecule has 0 bridgehead atoms. The molecule has 0 unspecified atom stereocenters. The van der Waals surface area contributed by atoms with Crippen molar-refractivity contribution in [3.63, 3.8) is 0 Å². The van der Waals surface area contributed by atoms with Crippen LogP contribution in [-0.4, -0.2) is 19.6 Å². The highest BCUT2D eigenvalue weighted by molar-refractivity contribution is 7.71. The van der Waals surface area contributed by atoms with E-state index in [0.29, 0.717) is 22.0 Å². The van der Waals surface area contributed by atoms with Crippen LogP contribution in [-0.2, 0) is 6.42 Å². The number of thiazole rings is 1. The maximum Gasteiger partial charge on any atom is 0.220 e. The molecule has 0 amide bonds. The zero-order chi connectivity index (χ0) is 14.1. The standard InChI is InChI=1S/C14H13N3OS2/c1-9-8-20-14(15-9)17-12(18)11(16-13(17)19)7-10-5-3-2-4-6-10/h2-6,8,18H,7H2,1H3,(H,16,19). The second kappa shape index (κ2) is 5.22. The molecule has 4 nitrogen and oxygen atoms in total.